The Balaban J connectivity index is 2.29. The van der Waals surface area contributed by atoms with E-state index in [4.69, 9.17) is 0 Å². The standard InChI is InChI=1S/C14H20N2O3S/c1-10-7-8-12(9-13(10)14(17)15-2)20(18,19)16-11-5-3-4-6-11/h7-9,11,16H,3-6H2,1-2H3,(H,15,17). The number of sulfonamides is 1. The van der Waals surface area contributed by atoms with Gasteiger partial charge in [-0.25, -0.2) is 13.1 Å². The van der Waals surface area contributed by atoms with Gasteiger partial charge in [0.2, 0.25) is 10.0 Å². The highest BCUT2D eigenvalue weighted by Crippen LogP contribution is 2.21. The molecule has 2 N–H and O–H groups in total. The van der Waals surface area contributed by atoms with Gasteiger partial charge in [0.05, 0.1) is 4.90 Å². The topological polar surface area (TPSA) is 75.3 Å². The lowest BCUT2D eigenvalue weighted by atomic mass is 10.1. The van der Waals surface area contributed by atoms with Crippen LogP contribution in [0.3, 0.4) is 0 Å². The molecule has 20 heavy (non-hydrogen) atoms. The Morgan fingerprint density at radius 1 is 1.25 bits per heavy atom. The molecule has 0 spiro atoms. The summed E-state index contributed by atoms with van der Waals surface area (Å²) in [4.78, 5) is 11.9. The molecule has 0 bridgehead atoms. The van der Waals surface area contributed by atoms with Gasteiger partial charge in [-0.2, -0.15) is 0 Å². The van der Waals surface area contributed by atoms with Crippen molar-refractivity contribution in [2.75, 3.05) is 7.05 Å². The lowest BCUT2D eigenvalue weighted by Gasteiger charge is -2.14. The van der Waals surface area contributed by atoms with Crippen LogP contribution in [0.5, 0.6) is 0 Å². The van der Waals surface area contributed by atoms with E-state index >= 15 is 0 Å². The van der Waals surface area contributed by atoms with Crippen LogP contribution in [0.25, 0.3) is 0 Å². The molecule has 1 amide bonds. The Labute approximate surface area is 119 Å². The molecule has 0 atom stereocenters. The molecule has 5 nitrogen and oxygen atoms in total. The fraction of sp³-hybridized carbons (Fsp3) is 0.500. The first kappa shape index (κ1) is 15.0. The smallest absolute Gasteiger partial charge is 0.251 e. The van der Waals surface area contributed by atoms with Crippen LogP contribution >= 0.6 is 0 Å². The van der Waals surface area contributed by atoms with Gasteiger partial charge in [0, 0.05) is 18.7 Å². The van der Waals surface area contributed by atoms with Gasteiger partial charge in [-0.15, -0.1) is 0 Å². The van der Waals surface area contributed by atoms with Crippen LogP contribution in [0.4, 0.5) is 0 Å². The molecule has 110 valence electrons. The first-order chi connectivity index (χ1) is 9.44. The molecule has 1 aromatic carbocycles. The molecule has 1 fully saturated rings. The SMILES string of the molecule is CNC(=O)c1cc(S(=O)(=O)NC2CCCC2)ccc1C. The Morgan fingerprint density at radius 2 is 1.90 bits per heavy atom. The highest BCUT2D eigenvalue weighted by atomic mass is 32.2. The maximum absolute atomic E-state index is 12.3. The van der Waals surface area contributed by atoms with E-state index in [0.29, 0.717) is 5.56 Å². The number of carbonyl (C=O) groups is 1. The van der Waals surface area contributed by atoms with Crippen LogP contribution in [0.2, 0.25) is 0 Å². The van der Waals surface area contributed by atoms with Crippen molar-refractivity contribution in [3.8, 4) is 0 Å². The van der Waals surface area contributed by atoms with Gasteiger partial charge >= 0.3 is 0 Å². The minimum Gasteiger partial charge on any atom is -0.355 e. The zero-order chi connectivity index (χ0) is 14.8. The van der Waals surface area contributed by atoms with Crippen molar-refractivity contribution >= 4 is 15.9 Å². The number of hydrogen-bond donors (Lipinski definition) is 2. The van der Waals surface area contributed by atoms with Gasteiger partial charge < -0.3 is 5.32 Å². The summed E-state index contributed by atoms with van der Waals surface area (Å²) in [5.74, 6) is -0.277. The summed E-state index contributed by atoms with van der Waals surface area (Å²) in [6.07, 6.45) is 3.88. The first-order valence-electron chi connectivity index (χ1n) is 6.79. The van der Waals surface area contributed by atoms with Crippen molar-refractivity contribution in [1.29, 1.82) is 0 Å². The normalized spacial score (nSPS) is 16.3. The van der Waals surface area contributed by atoms with E-state index < -0.39 is 10.0 Å². The van der Waals surface area contributed by atoms with E-state index in [9.17, 15) is 13.2 Å². The van der Waals surface area contributed by atoms with E-state index in [1.165, 1.54) is 13.1 Å². The van der Waals surface area contributed by atoms with Crippen LogP contribution < -0.4 is 10.0 Å². The van der Waals surface area contributed by atoms with Crippen molar-refractivity contribution in [3.05, 3.63) is 29.3 Å². The van der Waals surface area contributed by atoms with E-state index in [0.717, 1.165) is 31.2 Å². The zero-order valence-corrected chi connectivity index (χ0v) is 12.6. The van der Waals surface area contributed by atoms with Crippen LogP contribution in [-0.2, 0) is 10.0 Å². The Hall–Kier alpha value is -1.40. The number of carbonyl (C=O) groups excluding carboxylic acids is 1. The van der Waals surface area contributed by atoms with Gasteiger partial charge in [0.1, 0.15) is 0 Å². The van der Waals surface area contributed by atoms with Crippen molar-refractivity contribution in [2.24, 2.45) is 0 Å². The lowest BCUT2D eigenvalue weighted by molar-refractivity contribution is 0.0962. The van der Waals surface area contributed by atoms with Crippen molar-refractivity contribution in [3.63, 3.8) is 0 Å². The van der Waals surface area contributed by atoms with Gasteiger partial charge in [0.25, 0.3) is 5.91 Å². The minimum atomic E-state index is -3.55. The summed E-state index contributed by atoms with van der Waals surface area (Å²) in [5, 5.41) is 2.52. The maximum Gasteiger partial charge on any atom is 0.251 e. The Morgan fingerprint density at radius 3 is 2.50 bits per heavy atom. The van der Waals surface area contributed by atoms with Crippen molar-refractivity contribution in [2.45, 2.75) is 43.5 Å². The Bertz CT molecular complexity index is 605. The van der Waals surface area contributed by atoms with Crippen LogP contribution in [-0.4, -0.2) is 27.4 Å². The van der Waals surface area contributed by atoms with E-state index in [-0.39, 0.29) is 16.8 Å². The van der Waals surface area contributed by atoms with Gasteiger partial charge in [-0.1, -0.05) is 18.9 Å². The molecule has 0 unspecified atom stereocenters. The second-order valence-corrected chi connectivity index (χ2v) is 6.87. The molecule has 6 heteroatoms. The third kappa shape index (κ3) is 3.19. The largest absolute Gasteiger partial charge is 0.355 e. The van der Waals surface area contributed by atoms with Gasteiger partial charge in [0.15, 0.2) is 0 Å². The van der Waals surface area contributed by atoms with Crippen LogP contribution in [0, 0.1) is 6.92 Å². The number of rotatable bonds is 4. The summed E-state index contributed by atoms with van der Waals surface area (Å²) >= 11 is 0. The molecule has 1 saturated carbocycles. The average molecular weight is 296 g/mol. The lowest BCUT2D eigenvalue weighted by Crippen LogP contribution is -2.33. The molecule has 1 aliphatic carbocycles. The third-order valence-electron chi connectivity index (χ3n) is 3.67. The molecule has 1 aliphatic rings. The van der Waals surface area contributed by atoms with E-state index in [1.807, 2.05) is 0 Å². The minimum absolute atomic E-state index is 0.0183. The second-order valence-electron chi connectivity index (χ2n) is 5.16. The predicted molar refractivity (Wildman–Crippen MR) is 77.1 cm³/mol. The fourth-order valence-electron chi connectivity index (χ4n) is 2.48. The van der Waals surface area contributed by atoms with E-state index in [1.54, 1.807) is 19.1 Å². The third-order valence-corrected chi connectivity index (χ3v) is 5.19. The highest BCUT2D eigenvalue weighted by Gasteiger charge is 2.23. The van der Waals surface area contributed by atoms with Gasteiger partial charge in [-0.3, -0.25) is 4.79 Å². The first-order valence-corrected chi connectivity index (χ1v) is 8.27. The molecular weight excluding hydrogens is 276 g/mol. The fourth-order valence-corrected chi connectivity index (χ4v) is 3.81. The second kappa shape index (κ2) is 5.93. The van der Waals surface area contributed by atoms with E-state index in [2.05, 4.69) is 10.0 Å². The van der Waals surface area contributed by atoms with Crippen molar-refractivity contribution < 1.29 is 13.2 Å². The molecule has 1 aromatic rings. The highest BCUT2D eigenvalue weighted by molar-refractivity contribution is 7.89. The number of aryl methyl sites for hydroxylation is 1. The molecule has 0 aliphatic heterocycles. The number of hydrogen-bond acceptors (Lipinski definition) is 3. The maximum atomic E-state index is 12.3. The summed E-state index contributed by atoms with van der Waals surface area (Å²) < 4.78 is 27.4. The molecule has 2 rings (SSSR count). The summed E-state index contributed by atoms with van der Waals surface area (Å²) in [5.41, 5.74) is 1.14. The zero-order valence-electron chi connectivity index (χ0n) is 11.8. The molecule has 0 aromatic heterocycles. The van der Waals surface area contributed by atoms with Crippen LogP contribution in [0.1, 0.15) is 41.6 Å². The average Bonchev–Trinajstić information content (AvgIpc) is 2.90. The number of benzene rings is 1. The monoisotopic (exact) mass is 296 g/mol. The van der Waals surface area contributed by atoms with Crippen molar-refractivity contribution in [1.82, 2.24) is 10.0 Å². The molecule has 0 heterocycles. The quantitative estimate of drug-likeness (QED) is 0.885. The van der Waals surface area contributed by atoms with Gasteiger partial charge in [-0.05, 0) is 37.5 Å². The molecule has 0 radical (unpaired) electrons. The number of nitrogens with one attached hydrogen (secondary N) is 2. The summed E-state index contributed by atoms with van der Waals surface area (Å²) in [6.45, 7) is 1.78. The summed E-state index contributed by atoms with van der Waals surface area (Å²) in [6, 6.07) is 4.66. The number of amides is 1. The predicted octanol–water partition coefficient (Wildman–Crippen LogP) is 1.58. The molecular formula is C14H20N2O3S. The Kier molecular flexibility index (Phi) is 4.45. The molecule has 0 saturated heterocycles. The summed E-state index contributed by atoms with van der Waals surface area (Å²) in [7, 11) is -2.03. The van der Waals surface area contributed by atoms with Crippen LogP contribution in [0.15, 0.2) is 23.1 Å².